The SMILES string of the molecule is C[C@H]1CN(C(=O)O)c2cc(-c3ccc(CS(N)(=O)=O)cc3)ccc2N1C(=O)C1CC1. The van der Waals surface area contributed by atoms with Crippen LogP contribution < -0.4 is 14.9 Å². The van der Waals surface area contributed by atoms with E-state index < -0.39 is 16.1 Å². The molecule has 1 aliphatic heterocycles. The van der Waals surface area contributed by atoms with Gasteiger partial charge in [0.2, 0.25) is 15.9 Å². The van der Waals surface area contributed by atoms with Crippen LogP contribution in [0.4, 0.5) is 16.2 Å². The summed E-state index contributed by atoms with van der Waals surface area (Å²) in [6.45, 7) is 2.06. The molecule has 158 valence electrons. The van der Waals surface area contributed by atoms with Crippen LogP contribution in [0.1, 0.15) is 25.3 Å². The lowest BCUT2D eigenvalue weighted by Gasteiger charge is -2.40. The predicted octanol–water partition coefficient (Wildman–Crippen LogP) is 2.77. The molecule has 9 heteroatoms. The highest BCUT2D eigenvalue weighted by Gasteiger charge is 2.41. The maximum absolute atomic E-state index is 12.8. The Morgan fingerprint density at radius 1 is 1.07 bits per heavy atom. The minimum absolute atomic E-state index is 0.0303. The van der Waals surface area contributed by atoms with Crippen LogP contribution in [0.25, 0.3) is 11.1 Å². The van der Waals surface area contributed by atoms with Crippen molar-refractivity contribution in [2.45, 2.75) is 31.6 Å². The summed E-state index contributed by atoms with van der Waals surface area (Å²) in [5.41, 5.74) is 3.22. The zero-order valence-corrected chi connectivity index (χ0v) is 17.3. The summed E-state index contributed by atoms with van der Waals surface area (Å²) in [5, 5.41) is 14.8. The number of amides is 2. The molecule has 2 aromatic carbocycles. The minimum Gasteiger partial charge on any atom is -0.465 e. The summed E-state index contributed by atoms with van der Waals surface area (Å²) in [6.07, 6.45) is 0.689. The topological polar surface area (TPSA) is 121 Å². The maximum Gasteiger partial charge on any atom is 0.411 e. The fraction of sp³-hybridized carbons (Fsp3) is 0.333. The number of carboxylic acid groups (broad SMARTS) is 1. The Kier molecular flexibility index (Phi) is 5.03. The molecule has 4 rings (SSSR count). The summed E-state index contributed by atoms with van der Waals surface area (Å²) in [6, 6.07) is 12.0. The van der Waals surface area contributed by atoms with Gasteiger partial charge in [0.1, 0.15) is 0 Å². The van der Waals surface area contributed by atoms with Gasteiger partial charge in [-0.15, -0.1) is 0 Å². The van der Waals surface area contributed by atoms with Crippen molar-refractivity contribution >= 4 is 33.4 Å². The third-order valence-electron chi connectivity index (χ3n) is 5.46. The molecule has 0 bridgehead atoms. The second-order valence-electron chi connectivity index (χ2n) is 7.93. The molecule has 2 amide bonds. The van der Waals surface area contributed by atoms with Crippen LogP contribution in [-0.2, 0) is 20.6 Å². The summed E-state index contributed by atoms with van der Waals surface area (Å²) in [4.78, 5) is 27.7. The van der Waals surface area contributed by atoms with Gasteiger partial charge in [0, 0.05) is 12.5 Å². The smallest absolute Gasteiger partial charge is 0.411 e. The fourth-order valence-corrected chi connectivity index (χ4v) is 4.53. The molecule has 1 atom stereocenters. The summed E-state index contributed by atoms with van der Waals surface area (Å²) in [5.74, 6) is -0.169. The zero-order chi connectivity index (χ0) is 21.6. The van der Waals surface area contributed by atoms with Gasteiger partial charge in [0.05, 0.1) is 23.2 Å². The van der Waals surface area contributed by atoms with Gasteiger partial charge < -0.3 is 10.0 Å². The van der Waals surface area contributed by atoms with E-state index in [1.54, 1.807) is 41.3 Å². The van der Waals surface area contributed by atoms with Gasteiger partial charge in [-0.1, -0.05) is 30.3 Å². The van der Waals surface area contributed by atoms with E-state index in [2.05, 4.69) is 0 Å². The molecule has 1 aliphatic carbocycles. The van der Waals surface area contributed by atoms with Crippen LogP contribution in [-0.4, -0.2) is 38.1 Å². The van der Waals surface area contributed by atoms with Crippen LogP contribution in [0.3, 0.4) is 0 Å². The van der Waals surface area contributed by atoms with Gasteiger partial charge in [0.15, 0.2) is 0 Å². The van der Waals surface area contributed by atoms with Crippen molar-refractivity contribution in [3.8, 4) is 11.1 Å². The van der Waals surface area contributed by atoms with Crippen LogP contribution in [0.15, 0.2) is 42.5 Å². The number of carbonyl (C=O) groups is 2. The first-order chi connectivity index (χ1) is 14.1. The van der Waals surface area contributed by atoms with Gasteiger partial charge >= 0.3 is 6.09 Å². The van der Waals surface area contributed by atoms with Gasteiger partial charge in [-0.2, -0.15) is 0 Å². The van der Waals surface area contributed by atoms with E-state index in [-0.39, 0.29) is 30.2 Å². The molecule has 8 nitrogen and oxygen atoms in total. The van der Waals surface area contributed by atoms with Crippen molar-refractivity contribution in [2.75, 3.05) is 16.3 Å². The average Bonchev–Trinajstić information content (AvgIpc) is 3.51. The summed E-state index contributed by atoms with van der Waals surface area (Å²) >= 11 is 0. The van der Waals surface area contributed by atoms with Crippen molar-refractivity contribution < 1.29 is 23.1 Å². The molecule has 0 saturated heterocycles. The average molecular weight is 429 g/mol. The largest absolute Gasteiger partial charge is 0.465 e. The minimum atomic E-state index is -3.61. The molecule has 2 aliphatic rings. The van der Waals surface area contributed by atoms with E-state index in [0.29, 0.717) is 16.9 Å². The van der Waals surface area contributed by atoms with E-state index in [0.717, 1.165) is 24.0 Å². The van der Waals surface area contributed by atoms with Gasteiger partial charge in [-0.3, -0.25) is 9.69 Å². The Hall–Kier alpha value is -2.91. The fourth-order valence-electron chi connectivity index (χ4n) is 3.87. The highest BCUT2D eigenvalue weighted by Crippen LogP contribution is 2.42. The zero-order valence-electron chi connectivity index (χ0n) is 16.5. The molecule has 0 unspecified atom stereocenters. The number of carbonyl (C=O) groups excluding carboxylic acids is 1. The predicted molar refractivity (Wildman–Crippen MR) is 114 cm³/mol. The third kappa shape index (κ3) is 4.03. The van der Waals surface area contributed by atoms with Gasteiger partial charge in [-0.25, -0.2) is 18.4 Å². The molecule has 1 heterocycles. The Bertz CT molecular complexity index is 1110. The first-order valence-electron chi connectivity index (χ1n) is 9.71. The number of rotatable bonds is 4. The number of nitrogens with zero attached hydrogens (tertiary/aromatic N) is 2. The van der Waals surface area contributed by atoms with Crippen LogP contribution in [0, 0.1) is 5.92 Å². The van der Waals surface area contributed by atoms with E-state index in [1.165, 1.54) is 4.90 Å². The maximum atomic E-state index is 12.8. The molecule has 0 radical (unpaired) electrons. The van der Waals surface area contributed by atoms with E-state index in [9.17, 15) is 23.1 Å². The first kappa shape index (κ1) is 20.4. The second-order valence-corrected chi connectivity index (χ2v) is 9.55. The van der Waals surface area contributed by atoms with Crippen LogP contribution in [0.5, 0.6) is 0 Å². The lowest BCUT2D eigenvalue weighted by Crippen LogP contribution is -2.52. The van der Waals surface area contributed by atoms with Crippen molar-refractivity contribution in [2.24, 2.45) is 11.1 Å². The lowest BCUT2D eigenvalue weighted by molar-refractivity contribution is -0.120. The monoisotopic (exact) mass is 429 g/mol. The number of benzene rings is 2. The van der Waals surface area contributed by atoms with Crippen molar-refractivity contribution in [1.82, 2.24) is 0 Å². The normalized spacial score (nSPS) is 18.8. The molecule has 30 heavy (non-hydrogen) atoms. The highest BCUT2D eigenvalue weighted by molar-refractivity contribution is 7.88. The molecular weight excluding hydrogens is 406 g/mol. The molecule has 0 aromatic heterocycles. The van der Waals surface area contributed by atoms with Crippen molar-refractivity contribution in [3.63, 3.8) is 0 Å². The van der Waals surface area contributed by atoms with E-state index in [4.69, 9.17) is 5.14 Å². The number of anilines is 2. The summed E-state index contributed by atoms with van der Waals surface area (Å²) < 4.78 is 22.5. The highest BCUT2D eigenvalue weighted by atomic mass is 32.2. The molecule has 0 spiro atoms. The number of primary sulfonamides is 1. The quantitative estimate of drug-likeness (QED) is 0.774. The Labute approximate surface area is 174 Å². The molecular formula is C21H23N3O5S. The number of sulfonamides is 1. The number of hydrogen-bond donors (Lipinski definition) is 2. The van der Waals surface area contributed by atoms with E-state index in [1.807, 2.05) is 13.0 Å². The third-order valence-corrected chi connectivity index (χ3v) is 6.20. The van der Waals surface area contributed by atoms with Crippen molar-refractivity contribution in [1.29, 1.82) is 0 Å². The Morgan fingerprint density at radius 3 is 2.27 bits per heavy atom. The standard InChI is InChI=1S/C21H23N3O5S/c1-13-11-23(21(26)27)19-10-17(8-9-18(19)24(13)20(25)16-6-7-16)15-4-2-14(3-5-15)12-30(22,28)29/h2-5,8-10,13,16H,6-7,11-12H2,1H3,(H,26,27)(H2,22,28,29)/t13-/m0/s1. The van der Waals surface area contributed by atoms with Crippen molar-refractivity contribution in [3.05, 3.63) is 48.0 Å². The molecule has 1 fully saturated rings. The van der Waals surface area contributed by atoms with Gasteiger partial charge in [0.25, 0.3) is 0 Å². The van der Waals surface area contributed by atoms with Gasteiger partial charge in [-0.05, 0) is 48.6 Å². The van der Waals surface area contributed by atoms with E-state index >= 15 is 0 Å². The number of fused-ring (bicyclic) bond motifs is 1. The Morgan fingerprint density at radius 2 is 1.70 bits per heavy atom. The summed E-state index contributed by atoms with van der Waals surface area (Å²) in [7, 11) is -3.61. The number of hydrogen-bond acceptors (Lipinski definition) is 4. The molecule has 2 aromatic rings. The Balaban J connectivity index is 1.72. The molecule has 3 N–H and O–H groups in total. The number of nitrogens with two attached hydrogens (primary N) is 1. The van der Waals surface area contributed by atoms with Crippen LogP contribution in [0.2, 0.25) is 0 Å². The molecule has 1 saturated carbocycles. The lowest BCUT2D eigenvalue weighted by atomic mass is 10.00. The second kappa shape index (κ2) is 7.41. The van der Waals surface area contributed by atoms with Crippen LogP contribution >= 0.6 is 0 Å². The first-order valence-corrected chi connectivity index (χ1v) is 11.4.